The van der Waals surface area contributed by atoms with Gasteiger partial charge < -0.3 is 21.3 Å². The predicted octanol–water partition coefficient (Wildman–Crippen LogP) is 4.69. The Kier molecular flexibility index (Phi) is 9.63. The van der Waals surface area contributed by atoms with Crippen molar-refractivity contribution < 1.29 is 24.0 Å². The van der Waals surface area contributed by atoms with Crippen LogP contribution in [-0.4, -0.2) is 48.9 Å². The van der Waals surface area contributed by atoms with Crippen LogP contribution in [0.2, 0.25) is 0 Å². The Morgan fingerprint density at radius 1 is 0.848 bits per heavy atom. The molecule has 0 aromatic heterocycles. The van der Waals surface area contributed by atoms with Gasteiger partial charge in [0.15, 0.2) is 0 Å². The van der Waals surface area contributed by atoms with Gasteiger partial charge in [0.25, 0.3) is 11.8 Å². The number of nitrogens with two attached hydrogens (primary N) is 1. The first-order valence-corrected chi connectivity index (χ1v) is 15.2. The fourth-order valence-electron chi connectivity index (χ4n) is 4.70. The largest absolute Gasteiger partial charge is 0.378 e. The fraction of sp³-hybridized carbons (Fsp3) is 0.114. The van der Waals surface area contributed by atoms with E-state index in [1.165, 1.54) is 36.0 Å². The van der Waals surface area contributed by atoms with Crippen molar-refractivity contribution in [3.8, 4) is 0 Å². The number of carbonyl (C=O) groups excluding carboxylic acids is 5. The quantitative estimate of drug-likeness (QED) is 0.170. The number of rotatable bonds is 10. The molecule has 46 heavy (non-hydrogen) atoms. The minimum atomic E-state index is -0.634. The van der Waals surface area contributed by atoms with Crippen molar-refractivity contribution in [2.24, 2.45) is 5.73 Å². The second kappa shape index (κ2) is 14.0. The Balaban J connectivity index is 1.27. The van der Waals surface area contributed by atoms with Crippen LogP contribution < -0.4 is 26.2 Å². The molecule has 1 aliphatic rings. The third-order valence-corrected chi connectivity index (χ3v) is 8.35. The number of benzene rings is 4. The van der Waals surface area contributed by atoms with Crippen molar-refractivity contribution in [3.63, 3.8) is 0 Å². The first kappa shape index (κ1) is 31.7. The van der Waals surface area contributed by atoms with Crippen LogP contribution in [0.15, 0.2) is 114 Å². The smallest absolute Gasteiger partial charge is 0.272 e. The molecule has 0 saturated carbocycles. The van der Waals surface area contributed by atoms with Crippen LogP contribution in [0, 0.1) is 0 Å². The lowest BCUT2D eigenvalue weighted by Gasteiger charge is -2.15. The number of primary amides is 1. The summed E-state index contributed by atoms with van der Waals surface area (Å²) >= 11 is 1.24. The summed E-state index contributed by atoms with van der Waals surface area (Å²) in [6, 6.07) is 29.0. The summed E-state index contributed by atoms with van der Waals surface area (Å²) in [6.45, 7) is 0. The van der Waals surface area contributed by atoms with Gasteiger partial charge in [-0.25, -0.2) is 4.90 Å². The van der Waals surface area contributed by atoms with Gasteiger partial charge in [-0.3, -0.25) is 24.0 Å². The summed E-state index contributed by atoms with van der Waals surface area (Å²) in [4.78, 5) is 67.3. The topological polar surface area (TPSA) is 142 Å². The molecule has 4 aromatic carbocycles. The third-order valence-electron chi connectivity index (χ3n) is 7.16. The highest BCUT2D eigenvalue weighted by molar-refractivity contribution is 8.00. The van der Waals surface area contributed by atoms with E-state index in [9.17, 15) is 24.0 Å². The minimum Gasteiger partial charge on any atom is -0.378 e. The van der Waals surface area contributed by atoms with Crippen molar-refractivity contribution in [1.82, 2.24) is 5.32 Å². The van der Waals surface area contributed by atoms with Crippen LogP contribution in [0.1, 0.15) is 32.7 Å². The summed E-state index contributed by atoms with van der Waals surface area (Å²) in [5, 5.41) is 4.92. The van der Waals surface area contributed by atoms with E-state index in [1.807, 2.05) is 43.3 Å². The van der Waals surface area contributed by atoms with Gasteiger partial charge in [-0.15, -0.1) is 11.8 Å². The predicted molar refractivity (Wildman–Crippen MR) is 179 cm³/mol. The molecule has 0 bridgehead atoms. The van der Waals surface area contributed by atoms with E-state index in [0.29, 0.717) is 16.9 Å². The Hall–Kier alpha value is -5.68. The van der Waals surface area contributed by atoms with Crippen LogP contribution in [0.3, 0.4) is 0 Å². The number of anilines is 3. The van der Waals surface area contributed by atoms with Gasteiger partial charge in [-0.2, -0.15) is 0 Å². The monoisotopic (exact) mass is 633 g/mol. The maximum absolute atomic E-state index is 13.4. The lowest BCUT2D eigenvalue weighted by atomic mass is 10.1. The highest BCUT2D eigenvalue weighted by Crippen LogP contribution is 2.34. The number of carbonyl (C=O) groups is 5. The van der Waals surface area contributed by atoms with Crippen molar-refractivity contribution in [2.75, 3.05) is 29.2 Å². The minimum absolute atomic E-state index is 0.0182. The molecule has 5 rings (SSSR count). The molecule has 0 aliphatic carbocycles. The van der Waals surface area contributed by atoms with E-state index >= 15 is 0 Å². The fourth-order valence-corrected chi connectivity index (χ4v) is 5.75. The maximum Gasteiger partial charge on any atom is 0.272 e. The Morgan fingerprint density at radius 2 is 1.50 bits per heavy atom. The number of hydrogen-bond acceptors (Lipinski definition) is 7. The first-order chi connectivity index (χ1) is 22.1. The molecule has 1 fully saturated rings. The summed E-state index contributed by atoms with van der Waals surface area (Å²) in [6.07, 6.45) is 1.63. The van der Waals surface area contributed by atoms with Gasteiger partial charge in [0.2, 0.25) is 17.7 Å². The van der Waals surface area contributed by atoms with Gasteiger partial charge in [-0.1, -0.05) is 30.3 Å². The van der Waals surface area contributed by atoms with Crippen molar-refractivity contribution in [1.29, 1.82) is 0 Å². The zero-order valence-electron chi connectivity index (χ0n) is 25.1. The van der Waals surface area contributed by atoms with E-state index in [1.54, 1.807) is 60.7 Å². The molecule has 1 heterocycles. The van der Waals surface area contributed by atoms with Crippen LogP contribution in [0.5, 0.6) is 0 Å². The van der Waals surface area contributed by atoms with Gasteiger partial charge in [-0.05, 0) is 84.4 Å². The standard InChI is InChI=1S/C35H31N5O5S/c1-39(2)26-14-8-22(9-15-26)20-29(38-33(43)24-6-4-3-5-7-24)34(44)37-25-12-18-28(19-13-25)46-30-21-31(41)40(35(30)45)27-16-10-23(11-17-27)32(36)42/h3-20,30H,21H2,1-2H3,(H2,36,42)(H,37,44)(H,38,43)/b29-20-. The number of nitrogens with one attached hydrogen (secondary N) is 2. The molecule has 0 radical (unpaired) electrons. The highest BCUT2D eigenvalue weighted by Gasteiger charge is 2.40. The van der Waals surface area contributed by atoms with E-state index in [0.717, 1.165) is 21.0 Å². The molecule has 10 nitrogen and oxygen atoms in total. The van der Waals surface area contributed by atoms with Crippen LogP contribution in [-0.2, 0) is 14.4 Å². The van der Waals surface area contributed by atoms with Crippen LogP contribution in [0.25, 0.3) is 6.08 Å². The normalized spacial score (nSPS) is 14.6. The molecule has 4 N–H and O–H groups in total. The number of amides is 5. The molecular weight excluding hydrogens is 602 g/mol. The molecule has 1 aliphatic heterocycles. The molecule has 1 atom stereocenters. The number of hydrogen-bond donors (Lipinski definition) is 3. The van der Waals surface area contributed by atoms with Gasteiger partial charge in [0.05, 0.1) is 10.9 Å². The third kappa shape index (κ3) is 7.51. The lowest BCUT2D eigenvalue weighted by Crippen LogP contribution is -2.31. The Morgan fingerprint density at radius 3 is 2.11 bits per heavy atom. The summed E-state index contributed by atoms with van der Waals surface area (Å²) in [5.74, 6) is -2.24. The molecule has 5 amide bonds. The van der Waals surface area contributed by atoms with Gasteiger partial charge in [0, 0.05) is 47.9 Å². The molecule has 4 aromatic rings. The van der Waals surface area contributed by atoms with Crippen LogP contribution in [0.4, 0.5) is 17.1 Å². The van der Waals surface area contributed by atoms with Gasteiger partial charge in [0.1, 0.15) is 5.70 Å². The molecule has 1 saturated heterocycles. The molecule has 11 heteroatoms. The number of imide groups is 1. The summed E-state index contributed by atoms with van der Waals surface area (Å²) in [5.41, 5.74) is 8.59. The van der Waals surface area contributed by atoms with E-state index in [4.69, 9.17) is 5.73 Å². The molecular formula is C35H31N5O5S. The van der Waals surface area contributed by atoms with E-state index in [2.05, 4.69) is 10.6 Å². The summed E-state index contributed by atoms with van der Waals surface area (Å²) in [7, 11) is 3.86. The Labute approximate surface area is 270 Å². The SMILES string of the molecule is CN(C)c1ccc(/C=C(\NC(=O)c2ccccc2)C(=O)Nc2ccc(SC3CC(=O)N(c4ccc(C(N)=O)cc4)C3=O)cc2)cc1. The van der Waals surface area contributed by atoms with Crippen molar-refractivity contribution in [3.05, 3.63) is 126 Å². The van der Waals surface area contributed by atoms with Crippen molar-refractivity contribution in [2.45, 2.75) is 16.6 Å². The Bertz CT molecular complexity index is 1810. The first-order valence-electron chi connectivity index (χ1n) is 14.3. The van der Waals surface area contributed by atoms with Crippen LogP contribution >= 0.6 is 11.8 Å². The zero-order valence-corrected chi connectivity index (χ0v) is 25.9. The second-order valence-electron chi connectivity index (χ2n) is 10.6. The maximum atomic E-state index is 13.4. The number of nitrogens with zero attached hydrogens (tertiary/aromatic N) is 2. The molecule has 0 spiro atoms. The van der Waals surface area contributed by atoms with Gasteiger partial charge >= 0.3 is 0 Å². The second-order valence-corrected chi connectivity index (χ2v) is 11.9. The highest BCUT2D eigenvalue weighted by atomic mass is 32.2. The molecule has 1 unspecified atom stereocenters. The lowest BCUT2D eigenvalue weighted by molar-refractivity contribution is -0.121. The van der Waals surface area contributed by atoms with Crippen molar-refractivity contribution >= 4 is 64.4 Å². The van der Waals surface area contributed by atoms with E-state index in [-0.39, 0.29) is 29.5 Å². The average Bonchev–Trinajstić information content (AvgIpc) is 3.33. The number of thioether (sulfide) groups is 1. The zero-order chi connectivity index (χ0) is 32.8. The average molecular weight is 634 g/mol. The molecule has 232 valence electrons. The van der Waals surface area contributed by atoms with E-state index < -0.39 is 23.0 Å². The summed E-state index contributed by atoms with van der Waals surface area (Å²) < 4.78 is 0.